The summed E-state index contributed by atoms with van der Waals surface area (Å²) in [7, 11) is 0. The van der Waals surface area contributed by atoms with Gasteiger partial charge in [0.15, 0.2) is 0 Å². The molecular weight excluding hydrogens is 1660 g/mol. The van der Waals surface area contributed by atoms with Gasteiger partial charge in [-0.1, -0.05) is 133 Å². The summed E-state index contributed by atoms with van der Waals surface area (Å²) in [6.07, 6.45) is 17.5. The Morgan fingerprint density at radius 2 is 0.922 bits per heavy atom. The van der Waals surface area contributed by atoms with Crippen LogP contribution < -0.4 is 28.7 Å². The fourth-order valence-corrected chi connectivity index (χ4v) is 4.05. The molecule has 2 radical (unpaired) electrons. The fraction of sp³-hybridized carbons (Fsp3) is 0.0857. The van der Waals surface area contributed by atoms with Crippen LogP contribution in [0.5, 0.6) is 0 Å². The van der Waals surface area contributed by atoms with Crippen LogP contribution in [0.3, 0.4) is 0 Å². The summed E-state index contributed by atoms with van der Waals surface area (Å²) >= 11 is 16.4. The Morgan fingerprint density at radius 1 is 0.562 bits per heavy atom. The fourth-order valence-electron chi connectivity index (χ4n) is 3.73. The molecule has 6 aromatic heterocycles. The van der Waals surface area contributed by atoms with E-state index in [0.717, 1.165) is 29.7 Å². The number of halogens is 7. The average Bonchev–Trinajstić information content (AvgIpc) is 3.22. The molecular formula is C35H39BrI6N14O6V2-2. The van der Waals surface area contributed by atoms with E-state index in [1.807, 2.05) is 34.7 Å². The van der Waals surface area contributed by atoms with Crippen LogP contribution >= 0.6 is 151 Å². The maximum Gasteiger partial charge on any atom is 0.311 e. The predicted octanol–water partition coefficient (Wildman–Crippen LogP) is 11.5. The quantitative estimate of drug-likeness (QED) is 0.0352. The number of anilines is 5. The molecule has 6 heterocycles. The third kappa shape index (κ3) is 27.7. The summed E-state index contributed by atoms with van der Waals surface area (Å²) in [5.74, 6) is 0. The Hall–Kier alpha value is -1.87. The molecule has 0 aliphatic heterocycles. The molecule has 0 aliphatic carbocycles. The second-order valence-electron chi connectivity index (χ2n) is 9.90. The van der Waals surface area contributed by atoms with Gasteiger partial charge in [-0.05, 0) is 34.1 Å². The molecule has 0 aliphatic rings. The molecule has 6 rings (SSSR count). The van der Waals surface area contributed by atoms with Crippen LogP contribution in [0, 0.1) is 42.7 Å². The Bertz CT molecular complexity index is 2240. The largest absolute Gasteiger partial charge is 0.396 e. The molecule has 0 saturated heterocycles. The monoisotopic (exact) mass is 1690 g/mol. The van der Waals surface area contributed by atoms with E-state index in [4.69, 9.17) is 28.7 Å². The van der Waals surface area contributed by atoms with Crippen molar-refractivity contribution in [2.45, 2.75) is 7.36 Å². The van der Waals surface area contributed by atoms with E-state index in [-0.39, 0.29) is 86.1 Å². The Morgan fingerprint density at radius 3 is 1.28 bits per heavy atom. The van der Waals surface area contributed by atoms with Crippen molar-refractivity contribution in [2.24, 2.45) is 0 Å². The van der Waals surface area contributed by atoms with Crippen molar-refractivity contribution < 1.29 is 51.9 Å². The molecule has 0 saturated carbocycles. The number of nitro groups is 3. The zero-order valence-electron chi connectivity index (χ0n) is 32.2. The zero-order valence-corrected chi connectivity index (χ0v) is 49.5. The zero-order chi connectivity index (χ0) is 45.8. The van der Waals surface area contributed by atoms with Crippen molar-refractivity contribution in [2.75, 3.05) is 31.1 Å². The third-order valence-electron chi connectivity index (χ3n) is 6.27. The van der Waals surface area contributed by atoms with Crippen molar-refractivity contribution in [3.63, 3.8) is 0 Å². The van der Waals surface area contributed by atoms with E-state index in [1.54, 1.807) is 43.1 Å². The number of rotatable bonds is 5. The molecule has 0 aromatic carbocycles. The van der Waals surface area contributed by atoms with Gasteiger partial charge in [0, 0.05) is 109 Å². The molecule has 20 nitrogen and oxygen atoms in total. The smallest absolute Gasteiger partial charge is 0.311 e. The molecule has 0 amide bonds. The molecule has 0 atom stereocenters. The summed E-state index contributed by atoms with van der Waals surface area (Å²) in [5, 5.41) is 31.0. The first-order valence-corrected chi connectivity index (χ1v) is 24.4. The minimum atomic E-state index is -0.576. The van der Waals surface area contributed by atoms with Crippen LogP contribution in [0.1, 0.15) is 7.43 Å². The number of alkyl halides is 5. The van der Waals surface area contributed by atoms with Crippen LogP contribution in [0.25, 0.3) is 22.3 Å². The first-order chi connectivity index (χ1) is 28.5. The number of hydrogen-bond acceptors (Lipinski definition) is 17. The molecule has 0 unspecified atom stereocenters. The molecule has 0 bridgehead atoms. The van der Waals surface area contributed by atoms with Crippen LogP contribution in [0.4, 0.5) is 45.5 Å². The molecule has 346 valence electrons. The summed E-state index contributed by atoms with van der Waals surface area (Å²) in [6, 6.07) is 8.65. The average molecular weight is 1700 g/mol. The molecule has 64 heavy (non-hydrogen) atoms. The first kappa shape index (κ1) is 71.1. The SMILES string of the molecule is C.IC(I)I.ICI.Nc1c(-c2cccnc2)cncc1[N+](=O)[O-].Nc1c(Br)cncc1[N+](=O)[O-].Nc1ccncc1[N+](=O)[O-].Nc1cncc(-c2cccnc2)c1N.[CH2-]I.[CH3-].[V].[V]. The van der Waals surface area contributed by atoms with Crippen molar-refractivity contribution in [3.8, 4) is 22.3 Å². The van der Waals surface area contributed by atoms with E-state index in [0.29, 0.717) is 27.0 Å². The number of nitrogen functional groups attached to an aromatic ring is 5. The van der Waals surface area contributed by atoms with Gasteiger partial charge in [-0.2, -0.15) is 0 Å². The number of pyridine rings is 6. The van der Waals surface area contributed by atoms with E-state index < -0.39 is 14.8 Å². The molecule has 29 heteroatoms. The third-order valence-corrected chi connectivity index (χ3v) is 6.90. The Labute approximate surface area is 484 Å². The van der Waals surface area contributed by atoms with Gasteiger partial charge in [-0.25, -0.2) is 0 Å². The second-order valence-corrected chi connectivity index (χ2v) is 26.1. The number of nitrogens with two attached hydrogens (primary N) is 5. The maximum absolute atomic E-state index is 10.7. The summed E-state index contributed by atoms with van der Waals surface area (Å²) in [4.78, 5) is 55.4. The summed E-state index contributed by atoms with van der Waals surface area (Å²) in [6.45, 7) is 0. The van der Waals surface area contributed by atoms with E-state index in [9.17, 15) is 30.3 Å². The Balaban J connectivity index is -0.000000225. The van der Waals surface area contributed by atoms with E-state index in [1.165, 1.54) is 33.3 Å². The summed E-state index contributed by atoms with van der Waals surface area (Å²) in [5.41, 5.74) is 31.6. The number of hydrogen-bond donors (Lipinski definition) is 5. The van der Waals surface area contributed by atoms with Gasteiger partial charge in [0.05, 0.1) is 39.2 Å². The van der Waals surface area contributed by atoms with Gasteiger partial charge in [0.2, 0.25) is 0 Å². The van der Waals surface area contributed by atoms with Crippen LogP contribution in [0.2, 0.25) is 0 Å². The second kappa shape index (κ2) is 41.3. The van der Waals surface area contributed by atoms with E-state index >= 15 is 0 Å². The number of aromatic nitrogens is 6. The first-order valence-electron chi connectivity index (χ1n) is 15.3. The normalized spacial score (nSPS) is 8.70. The summed E-state index contributed by atoms with van der Waals surface area (Å²) < 4.78 is 2.37. The minimum Gasteiger partial charge on any atom is -0.396 e. The van der Waals surface area contributed by atoms with E-state index in [2.05, 4.69) is 164 Å². The van der Waals surface area contributed by atoms with Crippen LogP contribution in [-0.4, -0.2) is 47.0 Å². The van der Waals surface area contributed by atoms with Crippen LogP contribution in [-0.2, 0) is 37.1 Å². The Kier molecular flexibility index (Phi) is 45.9. The maximum atomic E-state index is 10.7. The van der Waals surface area contributed by atoms with Crippen molar-refractivity contribution in [3.05, 3.63) is 152 Å². The predicted molar refractivity (Wildman–Crippen MR) is 304 cm³/mol. The van der Waals surface area contributed by atoms with Gasteiger partial charge >= 0.3 is 17.1 Å². The van der Waals surface area contributed by atoms with Gasteiger partial charge in [-0.3, -0.25) is 65.2 Å². The topological polar surface area (TPSA) is 337 Å². The van der Waals surface area contributed by atoms with Gasteiger partial charge < -0.3 is 58.7 Å². The van der Waals surface area contributed by atoms with Gasteiger partial charge in [-0.15, -0.1) is 0 Å². The molecule has 0 fully saturated rings. The minimum absolute atomic E-state index is 0. The molecule has 6 aromatic rings. The standard InChI is InChI=1S/C10H8N4O2.C10H10N4.C5H4BrN3O2.C5H5N3O2.CHI3.CH2I2.CH2I.CH4.CH3.2V/c11-10-8(7-2-1-3-12-4-7)5-13-6-9(10)14(15)16;11-9-6-14-5-8(10(9)12)7-2-1-3-13-4-7;6-3-1-8-2-4(5(3)7)9(10)11;6-4-1-2-7-3-5(4)8(9)10;2-1(3)4;2-1-3;1-2;;;;/h1-6H,(H2,11,13);1-6H,11H2,(H2,12,14);1-2H,(H2,7,8);1-3H,(H2,6,7);1H;1H2;1H2;1H4;1H3;;/q;;;;;;-1;;-1;;. The van der Waals surface area contributed by atoms with Crippen LogP contribution in [0.15, 0.2) is 109 Å². The van der Waals surface area contributed by atoms with Crippen molar-refractivity contribution >= 4 is 197 Å². The van der Waals surface area contributed by atoms with Gasteiger partial charge in [0.25, 0.3) is 0 Å². The van der Waals surface area contributed by atoms with Crippen molar-refractivity contribution in [1.82, 2.24) is 29.9 Å². The molecule has 0 spiro atoms. The van der Waals surface area contributed by atoms with Gasteiger partial charge in [0.1, 0.15) is 35.6 Å². The van der Waals surface area contributed by atoms with Crippen molar-refractivity contribution in [1.29, 1.82) is 0 Å². The molecule has 10 N–H and O–H groups in total. The number of nitrogens with zero attached hydrogens (tertiary/aromatic N) is 9.